The first kappa shape index (κ1) is 32.5. The highest BCUT2D eigenvalue weighted by molar-refractivity contribution is 6.38. The number of carboxylic acids is 1. The van der Waals surface area contributed by atoms with Crippen LogP contribution in [0.5, 0.6) is 0 Å². The zero-order valence-electron chi connectivity index (χ0n) is 24.2. The minimum atomic E-state index is -1.36. The van der Waals surface area contributed by atoms with Crippen LogP contribution in [0.2, 0.25) is 0 Å². The highest BCUT2D eigenvalue weighted by Crippen LogP contribution is 2.10. The van der Waals surface area contributed by atoms with E-state index in [1.54, 1.807) is 72.8 Å². The molecule has 3 amide bonds. The number of aliphatic carboxylic acids is 1. The lowest BCUT2D eigenvalue weighted by molar-refractivity contribution is -0.145. The fourth-order valence-electron chi connectivity index (χ4n) is 4.38. The van der Waals surface area contributed by atoms with Gasteiger partial charge in [0.25, 0.3) is 5.91 Å². The van der Waals surface area contributed by atoms with Crippen LogP contribution in [0.25, 0.3) is 0 Å². The maximum Gasteiger partial charge on any atom is 0.408 e. The van der Waals surface area contributed by atoms with Gasteiger partial charge < -0.3 is 25.8 Å². The second-order valence-corrected chi connectivity index (χ2v) is 10.6. The van der Waals surface area contributed by atoms with E-state index in [4.69, 9.17) is 4.74 Å². The third kappa shape index (κ3) is 11.1. The second-order valence-electron chi connectivity index (χ2n) is 10.6. The van der Waals surface area contributed by atoms with E-state index in [-0.39, 0.29) is 31.8 Å². The summed E-state index contributed by atoms with van der Waals surface area (Å²) in [6.07, 6.45) is -0.625. The summed E-state index contributed by atoms with van der Waals surface area (Å²) in [5, 5.41) is 17.2. The summed E-state index contributed by atoms with van der Waals surface area (Å²) in [5.41, 5.74) is 2.11. The topological polar surface area (TPSA) is 151 Å². The quantitative estimate of drug-likeness (QED) is 0.199. The first-order chi connectivity index (χ1) is 20.6. The van der Waals surface area contributed by atoms with Crippen molar-refractivity contribution in [1.29, 1.82) is 0 Å². The Morgan fingerprint density at radius 3 is 1.63 bits per heavy atom. The van der Waals surface area contributed by atoms with E-state index in [9.17, 15) is 29.1 Å². The number of amides is 3. The highest BCUT2D eigenvalue weighted by Gasteiger charge is 2.33. The van der Waals surface area contributed by atoms with Gasteiger partial charge >= 0.3 is 12.1 Å². The molecule has 3 aromatic rings. The molecule has 3 rings (SSSR count). The maximum absolute atomic E-state index is 13.4. The predicted molar refractivity (Wildman–Crippen MR) is 160 cm³/mol. The zero-order valence-corrected chi connectivity index (χ0v) is 24.2. The number of ether oxygens (including phenoxy) is 1. The molecule has 3 atom stereocenters. The van der Waals surface area contributed by atoms with Crippen molar-refractivity contribution in [3.63, 3.8) is 0 Å². The van der Waals surface area contributed by atoms with Crippen molar-refractivity contribution in [3.8, 4) is 0 Å². The van der Waals surface area contributed by atoms with Crippen LogP contribution in [0, 0.1) is 5.92 Å². The van der Waals surface area contributed by atoms with Crippen molar-refractivity contribution in [2.45, 2.75) is 57.8 Å². The zero-order chi connectivity index (χ0) is 31.2. The molecule has 10 nitrogen and oxygen atoms in total. The normalized spacial score (nSPS) is 12.8. The van der Waals surface area contributed by atoms with Gasteiger partial charge in [0.05, 0.1) is 0 Å². The maximum atomic E-state index is 13.4. The van der Waals surface area contributed by atoms with Gasteiger partial charge in [0.15, 0.2) is 0 Å². The van der Waals surface area contributed by atoms with Crippen molar-refractivity contribution >= 4 is 29.7 Å². The van der Waals surface area contributed by atoms with E-state index in [0.29, 0.717) is 11.1 Å². The van der Waals surface area contributed by atoms with Crippen molar-refractivity contribution in [2.75, 3.05) is 0 Å². The number of carbonyl (C=O) groups excluding carboxylic acids is 4. The monoisotopic (exact) mass is 587 g/mol. The van der Waals surface area contributed by atoms with Gasteiger partial charge in [-0.25, -0.2) is 9.59 Å². The number of rotatable bonds is 15. The van der Waals surface area contributed by atoms with Crippen LogP contribution >= 0.6 is 0 Å². The molecule has 226 valence electrons. The molecule has 0 heterocycles. The van der Waals surface area contributed by atoms with Crippen molar-refractivity contribution in [1.82, 2.24) is 16.0 Å². The van der Waals surface area contributed by atoms with Crippen LogP contribution in [-0.4, -0.2) is 52.9 Å². The highest BCUT2D eigenvalue weighted by atomic mass is 16.5. The number of alkyl carbamates (subject to hydrolysis) is 1. The van der Waals surface area contributed by atoms with Crippen molar-refractivity contribution in [2.24, 2.45) is 5.92 Å². The smallest absolute Gasteiger partial charge is 0.408 e. The SMILES string of the molecule is CC(C)C[C@H](NC(=O)OCc1ccccc1)C(=O)N[C@@H](Cc1ccccc1)C(=O)C(=O)N[C@@H](Cc1ccccc1)C(=O)O. The number of benzene rings is 3. The molecule has 0 spiro atoms. The molecule has 3 aromatic carbocycles. The summed E-state index contributed by atoms with van der Waals surface area (Å²) in [4.78, 5) is 64.3. The first-order valence-corrected chi connectivity index (χ1v) is 14.0. The van der Waals surface area contributed by atoms with Gasteiger partial charge in [0.2, 0.25) is 11.7 Å². The predicted octanol–water partition coefficient (Wildman–Crippen LogP) is 3.44. The molecule has 0 saturated heterocycles. The van der Waals surface area contributed by atoms with Crippen LogP contribution in [-0.2, 0) is 43.4 Å². The second kappa shape index (κ2) is 16.5. The molecule has 0 aromatic heterocycles. The molecule has 0 saturated carbocycles. The third-order valence-electron chi connectivity index (χ3n) is 6.55. The van der Waals surface area contributed by atoms with E-state index in [1.807, 2.05) is 32.0 Å². The average molecular weight is 588 g/mol. The number of hydrogen-bond acceptors (Lipinski definition) is 6. The number of hydrogen-bond donors (Lipinski definition) is 4. The lowest BCUT2D eigenvalue weighted by atomic mass is 9.99. The number of nitrogens with one attached hydrogen (secondary N) is 3. The van der Waals surface area contributed by atoms with Crippen LogP contribution < -0.4 is 16.0 Å². The Morgan fingerprint density at radius 2 is 1.14 bits per heavy atom. The Hall–Kier alpha value is -4.99. The fraction of sp³-hybridized carbons (Fsp3) is 0.303. The Balaban J connectivity index is 1.74. The van der Waals surface area contributed by atoms with E-state index in [0.717, 1.165) is 5.56 Å². The van der Waals surface area contributed by atoms with Crippen LogP contribution in [0.4, 0.5) is 4.79 Å². The van der Waals surface area contributed by atoms with Crippen molar-refractivity contribution < 1.29 is 33.8 Å². The molecule has 0 aliphatic rings. The molecule has 0 radical (unpaired) electrons. The third-order valence-corrected chi connectivity index (χ3v) is 6.55. The number of carboxylic acid groups (broad SMARTS) is 1. The summed E-state index contributed by atoms with van der Waals surface area (Å²) in [7, 11) is 0. The van der Waals surface area contributed by atoms with Crippen LogP contribution in [0.1, 0.15) is 37.0 Å². The summed E-state index contributed by atoms with van der Waals surface area (Å²) in [5.74, 6) is -4.13. The largest absolute Gasteiger partial charge is 0.480 e. The van der Waals surface area contributed by atoms with Gasteiger partial charge in [0.1, 0.15) is 24.7 Å². The molecule has 0 bridgehead atoms. The Bertz CT molecular complexity index is 1370. The van der Waals surface area contributed by atoms with Gasteiger partial charge in [0, 0.05) is 12.8 Å². The lowest BCUT2D eigenvalue weighted by Crippen LogP contribution is -2.56. The van der Waals surface area contributed by atoms with E-state index >= 15 is 0 Å². The fourth-order valence-corrected chi connectivity index (χ4v) is 4.38. The minimum absolute atomic E-state index is 0.00566. The summed E-state index contributed by atoms with van der Waals surface area (Å²) < 4.78 is 5.27. The molecular formula is C33H37N3O7. The van der Waals surface area contributed by atoms with Crippen LogP contribution in [0.15, 0.2) is 91.0 Å². The number of Topliss-reactive ketones (excluding diaryl/α,β-unsaturated/α-hetero) is 1. The van der Waals surface area contributed by atoms with E-state index < -0.39 is 47.8 Å². The minimum Gasteiger partial charge on any atom is -0.480 e. The van der Waals surface area contributed by atoms with Gasteiger partial charge in [-0.05, 0) is 29.0 Å². The first-order valence-electron chi connectivity index (χ1n) is 14.0. The summed E-state index contributed by atoms with van der Waals surface area (Å²) in [6.45, 7) is 3.75. The molecule has 0 aliphatic heterocycles. The average Bonchev–Trinajstić information content (AvgIpc) is 3.00. The Labute approximate surface area is 250 Å². The van der Waals surface area contributed by atoms with E-state index in [1.165, 1.54) is 0 Å². The standard InChI is InChI=1S/C33H37N3O7/c1-22(2)18-27(36-33(42)43-21-25-16-10-5-11-17-25)30(38)34-26(19-23-12-6-3-7-13-23)29(37)31(39)35-28(32(40)41)20-24-14-8-4-9-15-24/h3-17,22,26-28H,18-21H2,1-2H3,(H,34,38)(H,35,39)(H,36,42)(H,40,41)/t26-,27-,28-/m0/s1. The van der Waals surface area contributed by atoms with E-state index in [2.05, 4.69) is 16.0 Å². The van der Waals surface area contributed by atoms with Gasteiger partial charge in [-0.1, -0.05) is 105 Å². The summed E-state index contributed by atoms with van der Waals surface area (Å²) in [6, 6.07) is 22.8. The Kier molecular flexibility index (Phi) is 12.4. The number of ketones is 1. The molecule has 0 unspecified atom stereocenters. The Morgan fingerprint density at radius 1 is 0.651 bits per heavy atom. The van der Waals surface area contributed by atoms with Crippen molar-refractivity contribution in [3.05, 3.63) is 108 Å². The molecule has 0 fully saturated rings. The van der Waals surface area contributed by atoms with Crippen LogP contribution in [0.3, 0.4) is 0 Å². The molecule has 43 heavy (non-hydrogen) atoms. The summed E-state index contributed by atoms with van der Waals surface area (Å²) >= 11 is 0. The lowest BCUT2D eigenvalue weighted by Gasteiger charge is -2.24. The molecule has 0 aliphatic carbocycles. The van der Waals surface area contributed by atoms with Gasteiger partial charge in [-0.15, -0.1) is 0 Å². The van der Waals surface area contributed by atoms with Gasteiger partial charge in [-0.3, -0.25) is 14.4 Å². The van der Waals surface area contributed by atoms with Gasteiger partial charge in [-0.2, -0.15) is 0 Å². The molecule has 10 heteroatoms. The molecular weight excluding hydrogens is 550 g/mol. The molecule has 4 N–H and O–H groups in total. The number of carbonyl (C=O) groups is 5.